The van der Waals surface area contributed by atoms with Gasteiger partial charge in [0.1, 0.15) is 5.75 Å². The highest BCUT2D eigenvalue weighted by Gasteiger charge is 2.28. The fraction of sp³-hybridized carbons (Fsp3) is 0.250. The molecular formula is C8H10N2O5S. The third-order valence-corrected chi connectivity index (χ3v) is 2.38. The van der Waals surface area contributed by atoms with Crippen molar-refractivity contribution in [3.63, 3.8) is 0 Å². The van der Waals surface area contributed by atoms with Crippen LogP contribution in [0.3, 0.4) is 0 Å². The van der Waals surface area contributed by atoms with Gasteiger partial charge in [-0.1, -0.05) is 5.59 Å². The molecule has 1 aromatic rings. The first-order valence-corrected chi connectivity index (χ1v) is 5.86. The third-order valence-electron chi connectivity index (χ3n) is 1.77. The Balaban J connectivity index is 2.11. The van der Waals surface area contributed by atoms with E-state index < -0.39 is 10.4 Å². The lowest BCUT2D eigenvalue weighted by Gasteiger charge is -2.11. The second-order valence-electron chi connectivity index (χ2n) is 2.88. The van der Waals surface area contributed by atoms with Crippen molar-refractivity contribution < 1.29 is 21.7 Å². The standard InChI is InChI=1S/C8H10N2O5S/c1-2-13-8-5-3-7(4-6-8)10-9-14-16(11,12)15-10/h3-6,9H,2H2,1H3. The van der Waals surface area contributed by atoms with Crippen LogP contribution in [0, 0.1) is 0 Å². The molecule has 0 aromatic heterocycles. The van der Waals surface area contributed by atoms with Crippen molar-refractivity contribution in [2.45, 2.75) is 6.92 Å². The Morgan fingerprint density at radius 2 is 2.06 bits per heavy atom. The van der Waals surface area contributed by atoms with Gasteiger partial charge in [-0.25, -0.2) is 0 Å². The van der Waals surface area contributed by atoms with Gasteiger partial charge in [-0.3, -0.25) is 0 Å². The maximum atomic E-state index is 10.8. The van der Waals surface area contributed by atoms with E-state index in [0.717, 1.165) is 5.17 Å². The van der Waals surface area contributed by atoms with Crippen molar-refractivity contribution in [1.82, 2.24) is 5.59 Å². The Morgan fingerprint density at radius 1 is 1.38 bits per heavy atom. The lowest BCUT2D eigenvalue weighted by molar-refractivity contribution is 0.198. The quantitative estimate of drug-likeness (QED) is 0.832. The van der Waals surface area contributed by atoms with E-state index in [1.165, 1.54) is 0 Å². The third kappa shape index (κ3) is 2.42. The molecular weight excluding hydrogens is 236 g/mol. The lowest BCUT2D eigenvalue weighted by Crippen LogP contribution is -2.28. The molecule has 0 aliphatic carbocycles. The van der Waals surface area contributed by atoms with Crippen molar-refractivity contribution in [1.29, 1.82) is 0 Å². The highest BCUT2D eigenvalue weighted by atomic mass is 32.3. The molecule has 0 spiro atoms. The molecule has 0 amide bonds. The zero-order chi connectivity index (χ0) is 11.6. The predicted octanol–water partition coefficient (Wildman–Crippen LogP) is 0.518. The average Bonchev–Trinajstić information content (AvgIpc) is 2.61. The summed E-state index contributed by atoms with van der Waals surface area (Å²) in [6.45, 7) is 2.44. The van der Waals surface area contributed by atoms with Crippen LogP contribution < -0.4 is 15.5 Å². The van der Waals surface area contributed by atoms with Gasteiger partial charge in [0.15, 0.2) is 0 Å². The molecule has 1 saturated heterocycles. The van der Waals surface area contributed by atoms with E-state index in [4.69, 9.17) is 4.74 Å². The molecule has 7 nitrogen and oxygen atoms in total. The molecule has 0 unspecified atom stereocenters. The van der Waals surface area contributed by atoms with E-state index in [2.05, 4.69) is 14.2 Å². The monoisotopic (exact) mass is 246 g/mol. The maximum absolute atomic E-state index is 10.8. The number of anilines is 1. The van der Waals surface area contributed by atoms with Crippen LogP contribution in [0.1, 0.15) is 6.92 Å². The van der Waals surface area contributed by atoms with Crippen LogP contribution in [-0.2, 0) is 19.0 Å². The number of nitrogens with one attached hydrogen (secondary N) is 1. The zero-order valence-corrected chi connectivity index (χ0v) is 9.23. The number of hydrogen-bond donors (Lipinski definition) is 1. The zero-order valence-electron chi connectivity index (χ0n) is 8.41. The summed E-state index contributed by atoms with van der Waals surface area (Å²) in [6, 6.07) is 6.63. The SMILES string of the molecule is CCOc1ccc(N2NOS(=O)(=O)O2)cc1. The average molecular weight is 246 g/mol. The summed E-state index contributed by atoms with van der Waals surface area (Å²) in [6.07, 6.45) is 0. The number of hydrogen-bond acceptors (Lipinski definition) is 7. The Morgan fingerprint density at radius 3 is 2.56 bits per heavy atom. The van der Waals surface area contributed by atoms with Crippen molar-refractivity contribution in [3.8, 4) is 5.75 Å². The van der Waals surface area contributed by atoms with Crippen LogP contribution in [0.5, 0.6) is 5.75 Å². The van der Waals surface area contributed by atoms with Crippen LogP contribution >= 0.6 is 0 Å². The first-order valence-electron chi connectivity index (χ1n) is 4.52. The predicted molar refractivity (Wildman–Crippen MR) is 54.3 cm³/mol. The number of ether oxygens (including phenoxy) is 1. The highest BCUT2D eigenvalue weighted by Crippen LogP contribution is 2.21. The van der Waals surface area contributed by atoms with Gasteiger partial charge in [-0.2, -0.15) is 8.42 Å². The van der Waals surface area contributed by atoms with Gasteiger partial charge in [0.2, 0.25) is 0 Å². The van der Waals surface area contributed by atoms with Crippen LogP contribution in [0.4, 0.5) is 5.69 Å². The largest absolute Gasteiger partial charge is 0.494 e. The Bertz CT molecular complexity index is 458. The summed E-state index contributed by atoms with van der Waals surface area (Å²) < 4.78 is 35.5. The lowest BCUT2D eigenvalue weighted by atomic mass is 10.3. The second-order valence-corrected chi connectivity index (χ2v) is 4.01. The minimum absolute atomic E-state index is 0.476. The van der Waals surface area contributed by atoms with Gasteiger partial charge in [0, 0.05) is 0 Å². The summed E-state index contributed by atoms with van der Waals surface area (Å²) in [5.74, 6) is 0.689. The normalized spacial score (nSPS) is 18.7. The second kappa shape index (κ2) is 4.26. The molecule has 1 heterocycles. The first kappa shape index (κ1) is 11.1. The molecule has 8 heteroatoms. The Labute approximate surface area is 92.7 Å². The van der Waals surface area contributed by atoms with E-state index in [1.54, 1.807) is 24.3 Å². The molecule has 0 bridgehead atoms. The summed E-state index contributed by atoms with van der Waals surface area (Å²) in [5.41, 5.74) is 2.57. The van der Waals surface area contributed by atoms with Crippen molar-refractivity contribution in [3.05, 3.63) is 24.3 Å². The van der Waals surface area contributed by atoms with Crippen LogP contribution in [0.15, 0.2) is 24.3 Å². The van der Waals surface area contributed by atoms with Gasteiger partial charge < -0.3 is 4.74 Å². The minimum atomic E-state index is -3.98. The minimum Gasteiger partial charge on any atom is -0.494 e. The molecule has 16 heavy (non-hydrogen) atoms. The molecule has 1 aliphatic rings. The highest BCUT2D eigenvalue weighted by molar-refractivity contribution is 7.82. The van der Waals surface area contributed by atoms with Gasteiger partial charge in [0.25, 0.3) is 0 Å². The maximum Gasteiger partial charge on any atom is 0.440 e. The molecule has 1 N–H and O–H groups in total. The summed E-state index contributed by atoms with van der Waals surface area (Å²) in [5, 5.41) is 0.894. The number of benzene rings is 1. The van der Waals surface area contributed by atoms with Gasteiger partial charge in [-0.15, -0.1) is 13.7 Å². The molecule has 1 aliphatic heterocycles. The molecule has 1 aromatic carbocycles. The molecule has 2 rings (SSSR count). The fourth-order valence-electron chi connectivity index (χ4n) is 1.14. The first-order chi connectivity index (χ1) is 7.61. The van der Waals surface area contributed by atoms with E-state index in [1.807, 2.05) is 6.92 Å². The van der Waals surface area contributed by atoms with Crippen LogP contribution in [-0.4, -0.2) is 15.0 Å². The van der Waals surface area contributed by atoms with Gasteiger partial charge in [0.05, 0.1) is 12.3 Å². The van der Waals surface area contributed by atoms with Crippen LogP contribution in [0.2, 0.25) is 0 Å². The number of nitrogens with zero attached hydrogens (tertiary/aromatic N) is 1. The van der Waals surface area contributed by atoms with Crippen molar-refractivity contribution in [2.75, 3.05) is 11.8 Å². The molecule has 1 fully saturated rings. The van der Waals surface area contributed by atoms with Gasteiger partial charge in [-0.05, 0) is 31.2 Å². The summed E-state index contributed by atoms with van der Waals surface area (Å²) in [7, 11) is -3.98. The van der Waals surface area contributed by atoms with Crippen molar-refractivity contribution >= 4 is 16.1 Å². The van der Waals surface area contributed by atoms with E-state index in [9.17, 15) is 8.42 Å². The molecule has 0 atom stereocenters. The molecule has 0 saturated carbocycles. The molecule has 88 valence electrons. The van der Waals surface area contributed by atoms with E-state index in [0.29, 0.717) is 18.0 Å². The Kier molecular flexibility index (Phi) is 2.97. The number of hydrazine groups is 1. The topological polar surface area (TPSA) is 77.1 Å². The van der Waals surface area contributed by atoms with E-state index in [-0.39, 0.29) is 0 Å². The van der Waals surface area contributed by atoms with Crippen molar-refractivity contribution in [2.24, 2.45) is 0 Å². The van der Waals surface area contributed by atoms with Crippen LogP contribution in [0.25, 0.3) is 0 Å². The van der Waals surface area contributed by atoms with Gasteiger partial charge >= 0.3 is 10.4 Å². The summed E-state index contributed by atoms with van der Waals surface area (Å²) >= 11 is 0. The Hall–Kier alpha value is -1.35. The summed E-state index contributed by atoms with van der Waals surface area (Å²) in [4.78, 5) is 0. The smallest absolute Gasteiger partial charge is 0.440 e. The fourth-order valence-corrected chi connectivity index (χ4v) is 1.63. The van der Waals surface area contributed by atoms with E-state index >= 15 is 0 Å². The number of rotatable bonds is 3. The molecule has 0 radical (unpaired) electrons.